The first-order valence-corrected chi connectivity index (χ1v) is 7.18. The summed E-state index contributed by atoms with van der Waals surface area (Å²) in [5.74, 6) is 1.56. The summed E-state index contributed by atoms with van der Waals surface area (Å²) < 4.78 is 10.3. The van der Waals surface area contributed by atoms with E-state index in [2.05, 4.69) is 27.1 Å². The van der Waals surface area contributed by atoms with E-state index < -0.39 is 0 Å². The first-order valence-electron chi connectivity index (χ1n) is 7.18. The highest BCUT2D eigenvalue weighted by molar-refractivity contribution is 5.33. The van der Waals surface area contributed by atoms with E-state index >= 15 is 0 Å². The molecule has 112 valence electrons. The highest BCUT2D eigenvalue weighted by atomic mass is 16.5. The Hall–Kier alpha value is -1.56. The van der Waals surface area contributed by atoms with E-state index in [1.807, 2.05) is 0 Å². The molecule has 1 aromatic rings. The summed E-state index contributed by atoms with van der Waals surface area (Å²) in [4.78, 5) is 11.1. The molecule has 1 saturated heterocycles. The van der Waals surface area contributed by atoms with Crippen molar-refractivity contribution in [3.8, 4) is 11.8 Å². The van der Waals surface area contributed by atoms with Gasteiger partial charge in [0.1, 0.15) is 0 Å². The summed E-state index contributed by atoms with van der Waals surface area (Å²) in [6, 6.07) is 2.13. The van der Waals surface area contributed by atoms with Crippen molar-refractivity contribution >= 4 is 5.95 Å². The number of piperidine rings is 1. The largest absolute Gasteiger partial charge is 0.481 e. The first-order chi connectivity index (χ1) is 9.72. The van der Waals surface area contributed by atoms with Gasteiger partial charge in [0, 0.05) is 12.6 Å². The lowest BCUT2D eigenvalue weighted by Gasteiger charge is -2.32. The fourth-order valence-corrected chi connectivity index (χ4v) is 2.42. The molecule has 0 aromatic carbocycles. The third-order valence-corrected chi connectivity index (χ3v) is 3.67. The second kappa shape index (κ2) is 7.28. The van der Waals surface area contributed by atoms with Crippen LogP contribution in [0.3, 0.4) is 0 Å². The van der Waals surface area contributed by atoms with Crippen LogP contribution < -0.4 is 14.8 Å². The number of aromatic nitrogens is 2. The normalized spacial score (nSPS) is 17.6. The van der Waals surface area contributed by atoms with Crippen molar-refractivity contribution in [2.24, 2.45) is 0 Å². The minimum absolute atomic E-state index is 0.469. The maximum atomic E-state index is 5.14. The van der Waals surface area contributed by atoms with Crippen molar-refractivity contribution in [3.05, 3.63) is 6.07 Å². The van der Waals surface area contributed by atoms with Gasteiger partial charge in [0.25, 0.3) is 0 Å². The van der Waals surface area contributed by atoms with Gasteiger partial charge in [-0.2, -0.15) is 9.97 Å². The van der Waals surface area contributed by atoms with Crippen molar-refractivity contribution in [1.29, 1.82) is 0 Å². The Labute approximate surface area is 120 Å². The predicted molar refractivity (Wildman–Crippen MR) is 78.5 cm³/mol. The summed E-state index contributed by atoms with van der Waals surface area (Å²) >= 11 is 0. The molecule has 1 aromatic heterocycles. The molecule has 1 aliphatic rings. The molecule has 0 saturated carbocycles. The van der Waals surface area contributed by atoms with Gasteiger partial charge in [-0.3, -0.25) is 4.90 Å². The Morgan fingerprint density at radius 2 is 1.75 bits per heavy atom. The zero-order chi connectivity index (χ0) is 14.4. The fourth-order valence-electron chi connectivity index (χ4n) is 2.42. The highest BCUT2D eigenvalue weighted by Gasteiger charge is 2.16. The number of anilines is 1. The minimum atomic E-state index is 0.469. The van der Waals surface area contributed by atoms with Crippen LogP contribution >= 0.6 is 0 Å². The van der Waals surface area contributed by atoms with Crippen LogP contribution in [-0.2, 0) is 0 Å². The highest BCUT2D eigenvalue weighted by Crippen LogP contribution is 2.18. The van der Waals surface area contributed by atoms with Crippen LogP contribution in [0.15, 0.2) is 6.07 Å². The maximum Gasteiger partial charge on any atom is 0.229 e. The third kappa shape index (κ3) is 3.96. The second-order valence-corrected chi connectivity index (χ2v) is 5.10. The van der Waals surface area contributed by atoms with Gasteiger partial charge in [-0.15, -0.1) is 0 Å². The molecule has 0 radical (unpaired) electrons. The number of ether oxygens (including phenoxy) is 2. The standard InChI is InChI=1S/C14H24N4O2/c1-11(18-7-5-4-6-8-18)10-15-14-16-12(19-2)9-13(17-14)20-3/h9,11H,4-8,10H2,1-3H3,(H,15,16,17). The number of nitrogens with one attached hydrogen (secondary N) is 1. The number of likely N-dealkylation sites (tertiary alicyclic amines) is 1. The molecule has 0 bridgehead atoms. The Morgan fingerprint density at radius 1 is 1.15 bits per heavy atom. The van der Waals surface area contributed by atoms with E-state index in [4.69, 9.17) is 9.47 Å². The van der Waals surface area contributed by atoms with Crippen LogP contribution in [0.25, 0.3) is 0 Å². The number of hydrogen-bond acceptors (Lipinski definition) is 6. The average Bonchev–Trinajstić information content (AvgIpc) is 2.53. The Bertz CT molecular complexity index is 399. The van der Waals surface area contributed by atoms with E-state index in [0.717, 1.165) is 6.54 Å². The van der Waals surface area contributed by atoms with Crippen molar-refractivity contribution in [2.45, 2.75) is 32.2 Å². The predicted octanol–water partition coefficient (Wildman–Crippen LogP) is 1.78. The first kappa shape index (κ1) is 14.8. The van der Waals surface area contributed by atoms with Gasteiger partial charge < -0.3 is 14.8 Å². The molecule has 1 atom stereocenters. The van der Waals surface area contributed by atoms with E-state index in [1.165, 1.54) is 32.4 Å². The van der Waals surface area contributed by atoms with Gasteiger partial charge in [-0.1, -0.05) is 6.42 Å². The summed E-state index contributed by atoms with van der Waals surface area (Å²) in [6.07, 6.45) is 3.95. The molecule has 0 aliphatic carbocycles. The van der Waals surface area contributed by atoms with Gasteiger partial charge in [0.2, 0.25) is 17.7 Å². The van der Waals surface area contributed by atoms with Crippen LogP contribution in [0.4, 0.5) is 5.95 Å². The van der Waals surface area contributed by atoms with Gasteiger partial charge in [-0.05, 0) is 32.9 Å². The molecule has 0 amide bonds. The molecule has 6 nitrogen and oxygen atoms in total. The lowest BCUT2D eigenvalue weighted by molar-refractivity contribution is 0.180. The molecule has 1 aliphatic heterocycles. The zero-order valence-corrected chi connectivity index (χ0v) is 12.6. The quantitative estimate of drug-likeness (QED) is 0.857. The summed E-state index contributed by atoms with van der Waals surface area (Å²) in [5.41, 5.74) is 0. The SMILES string of the molecule is COc1cc(OC)nc(NCC(C)N2CCCCC2)n1. The van der Waals surface area contributed by atoms with Gasteiger partial charge in [0.15, 0.2) is 0 Å². The lowest BCUT2D eigenvalue weighted by atomic mass is 10.1. The Balaban J connectivity index is 1.92. The van der Waals surface area contributed by atoms with Gasteiger partial charge >= 0.3 is 0 Å². The molecule has 6 heteroatoms. The molecule has 1 unspecified atom stereocenters. The molecule has 2 heterocycles. The lowest BCUT2D eigenvalue weighted by Crippen LogP contribution is -2.41. The summed E-state index contributed by atoms with van der Waals surface area (Å²) in [7, 11) is 3.17. The molecule has 2 rings (SSSR count). The maximum absolute atomic E-state index is 5.14. The van der Waals surface area contributed by atoms with E-state index in [-0.39, 0.29) is 0 Å². The van der Waals surface area contributed by atoms with Crippen molar-refractivity contribution in [2.75, 3.05) is 39.2 Å². The molecule has 1 fully saturated rings. The molecule has 0 spiro atoms. The molecule has 1 N–H and O–H groups in total. The number of hydrogen-bond donors (Lipinski definition) is 1. The Morgan fingerprint density at radius 3 is 2.30 bits per heavy atom. The third-order valence-electron chi connectivity index (χ3n) is 3.67. The van der Waals surface area contributed by atoms with Crippen molar-refractivity contribution in [1.82, 2.24) is 14.9 Å². The summed E-state index contributed by atoms with van der Waals surface area (Å²) in [6.45, 7) is 5.42. The fraction of sp³-hybridized carbons (Fsp3) is 0.714. The molecule has 20 heavy (non-hydrogen) atoms. The Kier molecular flexibility index (Phi) is 5.40. The second-order valence-electron chi connectivity index (χ2n) is 5.10. The molecular formula is C14H24N4O2. The zero-order valence-electron chi connectivity index (χ0n) is 12.6. The van der Waals surface area contributed by atoms with Gasteiger partial charge in [0.05, 0.1) is 20.3 Å². The topological polar surface area (TPSA) is 59.5 Å². The number of nitrogens with zero attached hydrogens (tertiary/aromatic N) is 3. The molecular weight excluding hydrogens is 256 g/mol. The van der Waals surface area contributed by atoms with E-state index in [9.17, 15) is 0 Å². The van der Waals surface area contributed by atoms with Crippen LogP contribution in [0, 0.1) is 0 Å². The minimum Gasteiger partial charge on any atom is -0.481 e. The monoisotopic (exact) mass is 280 g/mol. The van der Waals surface area contributed by atoms with Crippen molar-refractivity contribution in [3.63, 3.8) is 0 Å². The van der Waals surface area contributed by atoms with Crippen LogP contribution in [-0.4, -0.2) is 54.8 Å². The summed E-state index contributed by atoms with van der Waals surface area (Å²) in [5, 5.41) is 3.27. The smallest absolute Gasteiger partial charge is 0.229 e. The van der Waals surface area contributed by atoms with Crippen LogP contribution in [0.1, 0.15) is 26.2 Å². The van der Waals surface area contributed by atoms with Gasteiger partial charge in [-0.25, -0.2) is 0 Å². The van der Waals surface area contributed by atoms with E-state index in [0.29, 0.717) is 23.8 Å². The van der Waals surface area contributed by atoms with Crippen LogP contribution in [0.2, 0.25) is 0 Å². The number of rotatable bonds is 6. The number of methoxy groups -OCH3 is 2. The van der Waals surface area contributed by atoms with Crippen LogP contribution in [0.5, 0.6) is 11.8 Å². The van der Waals surface area contributed by atoms with Crippen molar-refractivity contribution < 1.29 is 9.47 Å². The van der Waals surface area contributed by atoms with E-state index in [1.54, 1.807) is 20.3 Å². The average molecular weight is 280 g/mol.